The van der Waals surface area contributed by atoms with Crippen LogP contribution in [-0.4, -0.2) is 33.6 Å². The summed E-state index contributed by atoms with van der Waals surface area (Å²) in [6.45, 7) is 4.06. The molecule has 21 heavy (non-hydrogen) atoms. The van der Waals surface area contributed by atoms with Crippen LogP contribution in [0.4, 0.5) is 4.79 Å². The quantitative estimate of drug-likeness (QED) is 0.577. The number of esters is 1. The Labute approximate surface area is 122 Å². The van der Waals surface area contributed by atoms with Crippen molar-refractivity contribution in [2.24, 2.45) is 0 Å². The highest BCUT2D eigenvalue weighted by atomic mass is 32.2. The van der Waals surface area contributed by atoms with E-state index >= 15 is 0 Å². The van der Waals surface area contributed by atoms with Gasteiger partial charge >= 0.3 is 12.0 Å². The van der Waals surface area contributed by atoms with Gasteiger partial charge in [-0.2, -0.15) is 8.42 Å². The molecule has 8 nitrogen and oxygen atoms in total. The van der Waals surface area contributed by atoms with Crippen LogP contribution in [0.3, 0.4) is 0 Å². The summed E-state index contributed by atoms with van der Waals surface area (Å²) in [5.41, 5.74) is 0. The SMILES string of the molecule is CCCCNC(=O)NS(=O)(=O)c1ccc(C(=O)OCC)o1. The van der Waals surface area contributed by atoms with Crippen molar-refractivity contribution >= 4 is 22.0 Å². The van der Waals surface area contributed by atoms with Crippen LogP contribution < -0.4 is 10.0 Å². The van der Waals surface area contributed by atoms with Gasteiger partial charge in [0.05, 0.1) is 6.61 Å². The second kappa shape index (κ2) is 7.67. The molecule has 2 N–H and O–H groups in total. The van der Waals surface area contributed by atoms with Crippen LogP contribution in [0.5, 0.6) is 0 Å². The molecule has 0 saturated carbocycles. The average Bonchev–Trinajstić information content (AvgIpc) is 2.89. The highest BCUT2D eigenvalue weighted by Crippen LogP contribution is 2.14. The Kier molecular flexibility index (Phi) is 6.22. The molecule has 0 aliphatic rings. The standard InChI is InChI=1S/C12H18N2O6S/c1-3-5-8-13-12(16)14-21(17,18)10-7-6-9(20-10)11(15)19-4-2/h6-7H,3-5,8H2,1-2H3,(H2,13,14,16). The van der Waals surface area contributed by atoms with Crippen LogP contribution in [0.2, 0.25) is 0 Å². The molecule has 1 heterocycles. The van der Waals surface area contributed by atoms with E-state index in [9.17, 15) is 18.0 Å². The zero-order chi connectivity index (χ0) is 15.9. The van der Waals surface area contributed by atoms with Crippen molar-refractivity contribution in [3.05, 3.63) is 17.9 Å². The van der Waals surface area contributed by atoms with Gasteiger partial charge in [-0.25, -0.2) is 14.3 Å². The number of carbonyl (C=O) groups is 2. The summed E-state index contributed by atoms with van der Waals surface area (Å²) in [5.74, 6) is -1.02. The minimum absolute atomic E-state index is 0.139. The minimum atomic E-state index is -4.16. The number of urea groups is 1. The Morgan fingerprint density at radius 2 is 2.00 bits per heavy atom. The third-order valence-electron chi connectivity index (χ3n) is 2.37. The summed E-state index contributed by atoms with van der Waals surface area (Å²) in [6.07, 6.45) is 1.61. The number of hydrogen-bond donors (Lipinski definition) is 2. The molecule has 1 aromatic rings. The molecule has 0 fully saturated rings. The van der Waals surface area contributed by atoms with Crippen LogP contribution >= 0.6 is 0 Å². The van der Waals surface area contributed by atoms with Crippen molar-refractivity contribution in [1.82, 2.24) is 10.0 Å². The van der Waals surface area contributed by atoms with E-state index < -0.39 is 27.1 Å². The monoisotopic (exact) mass is 318 g/mol. The van der Waals surface area contributed by atoms with Crippen molar-refractivity contribution in [2.45, 2.75) is 31.8 Å². The molecular formula is C12H18N2O6S. The molecule has 0 unspecified atom stereocenters. The van der Waals surface area contributed by atoms with E-state index in [1.165, 1.54) is 6.07 Å². The smallest absolute Gasteiger partial charge is 0.374 e. The van der Waals surface area contributed by atoms with Gasteiger partial charge in [0.2, 0.25) is 10.9 Å². The van der Waals surface area contributed by atoms with Gasteiger partial charge in [0.25, 0.3) is 10.0 Å². The first-order valence-electron chi connectivity index (χ1n) is 6.48. The minimum Gasteiger partial charge on any atom is -0.460 e. The van der Waals surface area contributed by atoms with Gasteiger partial charge in [-0.1, -0.05) is 13.3 Å². The predicted octanol–water partition coefficient (Wildman–Crippen LogP) is 1.24. The topological polar surface area (TPSA) is 115 Å². The number of ether oxygens (including phenoxy) is 1. The molecule has 0 aliphatic heterocycles. The fourth-order valence-electron chi connectivity index (χ4n) is 1.36. The Bertz CT molecular complexity index is 593. The predicted molar refractivity (Wildman–Crippen MR) is 73.3 cm³/mol. The van der Waals surface area contributed by atoms with E-state index in [2.05, 4.69) is 10.1 Å². The highest BCUT2D eigenvalue weighted by molar-refractivity contribution is 7.89. The lowest BCUT2D eigenvalue weighted by molar-refractivity contribution is 0.0484. The molecule has 9 heteroatoms. The van der Waals surface area contributed by atoms with Crippen LogP contribution in [0.25, 0.3) is 0 Å². The summed E-state index contributed by atoms with van der Waals surface area (Å²) in [6, 6.07) is 1.40. The second-order valence-corrected chi connectivity index (χ2v) is 5.67. The molecule has 0 aromatic carbocycles. The molecule has 0 bridgehead atoms. The molecule has 1 rings (SSSR count). The van der Waals surface area contributed by atoms with Crippen molar-refractivity contribution in [3.63, 3.8) is 0 Å². The van der Waals surface area contributed by atoms with Crippen LogP contribution in [-0.2, 0) is 14.8 Å². The Hall–Kier alpha value is -2.03. The fourth-order valence-corrected chi connectivity index (χ4v) is 2.23. The molecule has 0 spiro atoms. The molecule has 0 aliphatic carbocycles. The van der Waals surface area contributed by atoms with Gasteiger partial charge in [-0.05, 0) is 25.5 Å². The first kappa shape index (κ1) is 17.0. The van der Waals surface area contributed by atoms with Crippen LogP contribution in [0.15, 0.2) is 21.6 Å². The highest BCUT2D eigenvalue weighted by Gasteiger charge is 2.23. The number of hydrogen-bond acceptors (Lipinski definition) is 6. The zero-order valence-electron chi connectivity index (χ0n) is 11.8. The van der Waals surface area contributed by atoms with E-state index in [1.54, 1.807) is 11.6 Å². The molecule has 0 atom stereocenters. The molecule has 2 amide bonds. The fraction of sp³-hybridized carbons (Fsp3) is 0.500. The maximum Gasteiger partial charge on any atom is 0.374 e. The lowest BCUT2D eigenvalue weighted by Gasteiger charge is -2.06. The normalized spacial score (nSPS) is 11.0. The van der Waals surface area contributed by atoms with E-state index in [4.69, 9.17) is 4.42 Å². The molecule has 1 aromatic heterocycles. The van der Waals surface area contributed by atoms with Gasteiger partial charge in [0.15, 0.2) is 0 Å². The summed E-state index contributed by atoms with van der Waals surface area (Å²) in [4.78, 5) is 22.8. The number of rotatable bonds is 7. The number of furan rings is 1. The maximum atomic E-state index is 11.9. The molecule has 118 valence electrons. The summed E-state index contributed by atoms with van der Waals surface area (Å²) >= 11 is 0. The van der Waals surface area contributed by atoms with E-state index in [1.807, 2.05) is 6.92 Å². The van der Waals surface area contributed by atoms with Gasteiger partial charge in [-0.3, -0.25) is 0 Å². The summed E-state index contributed by atoms with van der Waals surface area (Å²) in [7, 11) is -4.16. The Morgan fingerprint density at radius 3 is 2.62 bits per heavy atom. The van der Waals surface area contributed by atoms with Gasteiger partial charge in [0, 0.05) is 6.54 Å². The number of carbonyl (C=O) groups excluding carboxylic acids is 2. The van der Waals surface area contributed by atoms with Crippen LogP contribution in [0.1, 0.15) is 37.2 Å². The van der Waals surface area contributed by atoms with Gasteiger partial charge in [-0.15, -0.1) is 0 Å². The first-order chi connectivity index (χ1) is 9.90. The molecule has 0 radical (unpaired) electrons. The summed E-state index contributed by atoms with van der Waals surface area (Å²) in [5, 5.41) is 1.87. The molecular weight excluding hydrogens is 300 g/mol. The van der Waals surface area contributed by atoms with Crippen LogP contribution in [0, 0.1) is 0 Å². The lowest BCUT2D eigenvalue weighted by atomic mass is 10.3. The number of unbranched alkanes of at least 4 members (excludes halogenated alkanes) is 1. The molecule has 0 saturated heterocycles. The average molecular weight is 318 g/mol. The van der Waals surface area contributed by atoms with Gasteiger partial charge in [0.1, 0.15) is 0 Å². The number of amides is 2. The third-order valence-corrected chi connectivity index (χ3v) is 3.57. The van der Waals surface area contributed by atoms with Crippen molar-refractivity contribution in [2.75, 3.05) is 13.2 Å². The van der Waals surface area contributed by atoms with Crippen molar-refractivity contribution in [3.8, 4) is 0 Å². The zero-order valence-corrected chi connectivity index (χ0v) is 12.7. The van der Waals surface area contributed by atoms with E-state index in [0.29, 0.717) is 6.54 Å². The second-order valence-electron chi connectivity index (χ2n) is 4.05. The van der Waals surface area contributed by atoms with Crippen molar-refractivity contribution < 1.29 is 27.2 Å². The number of sulfonamides is 1. The first-order valence-corrected chi connectivity index (χ1v) is 7.96. The Balaban J connectivity index is 2.70. The van der Waals surface area contributed by atoms with E-state index in [-0.39, 0.29) is 12.4 Å². The summed E-state index contributed by atoms with van der Waals surface area (Å²) < 4.78 is 35.1. The largest absolute Gasteiger partial charge is 0.460 e. The lowest BCUT2D eigenvalue weighted by Crippen LogP contribution is -2.39. The third kappa shape index (κ3) is 5.10. The van der Waals surface area contributed by atoms with Gasteiger partial charge < -0.3 is 14.5 Å². The Morgan fingerprint density at radius 1 is 1.29 bits per heavy atom. The van der Waals surface area contributed by atoms with E-state index in [0.717, 1.165) is 18.9 Å². The maximum absolute atomic E-state index is 11.9. The number of nitrogens with one attached hydrogen (secondary N) is 2. The van der Waals surface area contributed by atoms with Crippen molar-refractivity contribution in [1.29, 1.82) is 0 Å².